The second-order valence-electron chi connectivity index (χ2n) is 3.25. The molecule has 0 unspecified atom stereocenters. The van der Waals surface area contributed by atoms with Gasteiger partial charge in [-0.2, -0.15) is 0 Å². The molecule has 0 atom stereocenters. The van der Waals surface area contributed by atoms with Crippen molar-refractivity contribution < 1.29 is 9.59 Å². The summed E-state index contributed by atoms with van der Waals surface area (Å²) in [6.07, 6.45) is 1.42. The number of carbonyl (C=O) groups is 2. The van der Waals surface area contributed by atoms with E-state index in [9.17, 15) is 9.59 Å². The summed E-state index contributed by atoms with van der Waals surface area (Å²) in [4.78, 5) is 27.5. The molecule has 0 aliphatic rings. The molecule has 0 radical (unpaired) electrons. The van der Waals surface area contributed by atoms with Gasteiger partial charge in [-0.15, -0.1) is 11.3 Å². The van der Waals surface area contributed by atoms with Gasteiger partial charge >= 0.3 is 0 Å². The first-order valence-electron chi connectivity index (χ1n) is 4.92. The first kappa shape index (κ1) is 12.5. The highest BCUT2D eigenvalue weighted by Gasteiger charge is 2.09. The van der Waals surface area contributed by atoms with Gasteiger partial charge in [-0.05, 0) is 23.6 Å². The molecule has 0 saturated heterocycles. The van der Waals surface area contributed by atoms with Crippen LogP contribution in [0.15, 0.2) is 35.8 Å². The van der Waals surface area contributed by atoms with E-state index in [-0.39, 0.29) is 11.1 Å². The summed E-state index contributed by atoms with van der Waals surface area (Å²) < 4.78 is 0. The summed E-state index contributed by atoms with van der Waals surface area (Å²) in [6.45, 7) is 0. The lowest BCUT2D eigenvalue weighted by Gasteiger charge is -2.06. The van der Waals surface area contributed by atoms with Crippen molar-refractivity contribution in [3.8, 4) is 0 Å². The van der Waals surface area contributed by atoms with Gasteiger partial charge in [0.25, 0.3) is 11.8 Å². The van der Waals surface area contributed by atoms with Crippen LogP contribution in [0.4, 0.5) is 0 Å². The Balaban J connectivity index is 1.95. The summed E-state index contributed by atoms with van der Waals surface area (Å²) in [5.74, 6) is -0.817. The van der Waals surface area contributed by atoms with Crippen LogP contribution < -0.4 is 10.9 Å². The van der Waals surface area contributed by atoms with E-state index >= 15 is 0 Å². The van der Waals surface area contributed by atoms with Crippen LogP contribution in [0.3, 0.4) is 0 Å². The molecule has 2 N–H and O–H groups in total. The fraction of sp³-hybridized carbons (Fsp3) is 0. The third kappa shape index (κ3) is 3.06. The molecule has 92 valence electrons. The van der Waals surface area contributed by atoms with Gasteiger partial charge in [-0.3, -0.25) is 20.4 Å². The SMILES string of the molecule is O=C(NNC(=O)c1cccs1)c1ccnc(Cl)c1. The van der Waals surface area contributed by atoms with Crippen molar-refractivity contribution >= 4 is 34.8 Å². The molecule has 0 aromatic carbocycles. The molecule has 2 aromatic heterocycles. The van der Waals surface area contributed by atoms with E-state index in [1.807, 2.05) is 0 Å². The Kier molecular flexibility index (Phi) is 3.91. The lowest BCUT2D eigenvalue weighted by atomic mass is 10.2. The summed E-state index contributed by atoms with van der Waals surface area (Å²) >= 11 is 6.94. The van der Waals surface area contributed by atoms with Crippen LogP contribution in [0.1, 0.15) is 20.0 Å². The van der Waals surface area contributed by atoms with Crippen molar-refractivity contribution in [1.82, 2.24) is 15.8 Å². The number of halogens is 1. The average molecular weight is 282 g/mol. The van der Waals surface area contributed by atoms with Gasteiger partial charge in [0, 0.05) is 11.8 Å². The van der Waals surface area contributed by atoms with Gasteiger partial charge in [0.15, 0.2) is 0 Å². The van der Waals surface area contributed by atoms with Gasteiger partial charge in [0.1, 0.15) is 5.15 Å². The number of nitrogens with one attached hydrogen (secondary N) is 2. The van der Waals surface area contributed by atoms with E-state index < -0.39 is 5.91 Å². The summed E-state index contributed by atoms with van der Waals surface area (Å²) in [5, 5.41) is 1.99. The van der Waals surface area contributed by atoms with Crippen molar-refractivity contribution in [3.63, 3.8) is 0 Å². The van der Waals surface area contributed by atoms with Crippen LogP contribution in [0, 0.1) is 0 Å². The zero-order valence-corrected chi connectivity index (χ0v) is 10.6. The normalized spacial score (nSPS) is 9.83. The minimum atomic E-state index is -0.454. The monoisotopic (exact) mass is 281 g/mol. The molecule has 0 bridgehead atoms. The maximum Gasteiger partial charge on any atom is 0.279 e. The summed E-state index contributed by atoms with van der Waals surface area (Å²) in [6, 6.07) is 6.33. The Morgan fingerprint density at radius 1 is 1.22 bits per heavy atom. The van der Waals surface area contributed by atoms with Crippen molar-refractivity contribution in [2.75, 3.05) is 0 Å². The number of rotatable bonds is 2. The van der Waals surface area contributed by atoms with Gasteiger partial charge in [0.2, 0.25) is 0 Å². The van der Waals surface area contributed by atoms with Gasteiger partial charge in [-0.1, -0.05) is 17.7 Å². The fourth-order valence-electron chi connectivity index (χ4n) is 1.20. The van der Waals surface area contributed by atoms with E-state index in [2.05, 4.69) is 15.8 Å². The quantitative estimate of drug-likeness (QED) is 0.652. The highest BCUT2D eigenvalue weighted by Crippen LogP contribution is 2.08. The molecule has 18 heavy (non-hydrogen) atoms. The molecule has 2 amide bonds. The van der Waals surface area contributed by atoms with Crippen molar-refractivity contribution in [2.45, 2.75) is 0 Å². The van der Waals surface area contributed by atoms with Crippen LogP contribution >= 0.6 is 22.9 Å². The predicted octanol–water partition coefficient (Wildman–Crippen LogP) is 1.87. The Morgan fingerprint density at radius 2 is 2.00 bits per heavy atom. The van der Waals surface area contributed by atoms with E-state index in [0.717, 1.165) is 0 Å². The molecule has 0 fully saturated rings. The number of nitrogens with zero attached hydrogens (tertiary/aromatic N) is 1. The molecule has 2 rings (SSSR count). The molecule has 0 saturated carbocycles. The molecule has 0 aliphatic carbocycles. The summed E-state index contributed by atoms with van der Waals surface area (Å²) in [7, 11) is 0. The van der Waals surface area contributed by atoms with Gasteiger partial charge < -0.3 is 0 Å². The zero-order valence-electron chi connectivity index (χ0n) is 9.01. The summed E-state index contributed by atoms with van der Waals surface area (Å²) in [5.41, 5.74) is 4.93. The molecule has 2 aromatic rings. The minimum absolute atomic E-state index is 0.215. The predicted molar refractivity (Wildman–Crippen MR) is 68.5 cm³/mol. The largest absolute Gasteiger partial charge is 0.279 e. The maximum absolute atomic E-state index is 11.7. The number of amides is 2. The third-order valence-corrected chi connectivity index (χ3v) is 3.10. The van der Waals surface area contributed by atoms with Crippen molar-refractivity contribution in [3.05, 3.63) is 51.4 Å². The molecule has 7 heteroatoms. The van der Waals surface area contributed by atoms with Crippen molar-refractivity contribution in [1.29, 1.82) is 0 Å². The van der Waals surface area contributed by atoms with Crippen LogP contribution in [-0.2, 0) is 0 Å². The van der Waals surface area contributed by atoms with Crippen LogP contribution in [-0.4, -0.2) is 16.8 Å². The Bertz CT molecular complexity index is 571. The number of carbonyl (C=O) groups excluding carboxylic acids is 2. The average Bonchev–Trinajstić information content (AvgIpc) is 2.89. The minimum Gasteiger partial charge on any atom is -0.267 e. The van der Waals surface area contributed by atoms with E-state index in [4.69, 9.17) is 11.6 Å². The number of aromatic nitrogens is 1. The molecule has 0 aliphatic heterocycles. The van der Waals surface area contributed by atoms with E-state index in [1.165, 1.54) is 29.7 Å². The van der Waals surface area contributed by atoms with Crippen LogP contribution in [0.2, 0.25) is 5.15 Å². The third-order valence-electron chi connectivity index (χ3n) is 2.02. The molecular weight excluding hydrogens is 274 g/mol. The maximum atomic E-state index is 11.7. The fourth-order valence-corrected chi connectivity index (χ4v) is 1.99. The second-order valence-corrected chi connectivity index (χ2v) is 4.59. The Hall–Kier alpha value is -1.92. The Morgan fingerprint density at radius 3 is 2.67 bits per heavy atom. The first-order valence-corrected chi connectivity index (χ1v) is 6.18. The van der Waals surface area contributed by atoms with Gasteiger partial charge in [-0.25, -0.2) is 4.98 Å². The van der Waals surface area contributed by atoms with Crippen LogP contribution in [0.25, 0.3) is 0 Å². The van der Waals surface area contributed by atoms with E-state index in [0.29, 0.717) is 10.4 Å². The number of thiophene rings is 1. The topological polar surface area (TPSA) is 71.1 Å². The highest BCUT2D eigenvalue weighted by atomic mass is 35.5. The molecular formula is C11H8ClN3O2S. The first-order chi connectivity index (χ1) is 8.66. The zero-order chi connectivity index (χ0) is 13.0. The smallest absolute Gasteiger partial charge is 0.267 e. The van der Waals surface area contributed by atoms with Crippen molar-refractivity contribution in [2.24, 2.45) is 0 Å². The number of hydrazine groups is 1. The second kappa shape index (κ2) is 5.61. The number of hydrogen-bond donors (Lipinski definition) is 2. The lowest BCUT2D eigenvalue weighted by molar-refractivity contribution is 0.0849. The standard InChI is InChI=1S/C11H8ClN3O2S/c12-9-6-7(3-4-13-9)10(16)14-15-11(17)8-2-1-5-18-8/h1-6H,(H,14,16)(H,15,17). The molecule has 5 nitrogen and oxygen atoms in total. The number of hydrogen-bond acceptors (Lipinski definition) is 4. The lowest BCUT2D eigenvalue weighted by Crippen LogP contribution is -2.41. The highest BCUT2D eigenvalue weighted by molar-refractivity contribution is 7.12. The Labute approximate surface area is 112 Å². The van der Waals surface area contributed by atoms with Gasteiger partial charge in [0.05, 0.1) is 4.88 Å². The number of pyridine rings is 1. The molecule has 0 spiro atoms. The molecule has 2 heterocycles. The van der Waals surface area contributed by atoms with Crippen LogP contribution in [0.5, 0.6) is 0 Å². The van der Waals surface area contributed by atoms with E-state index in [1.54, 1.807) is 17.5 Å².